The first kappa shape index (κ1) is 31.5. The number of nitrogens with zero attached hydrogens (tertiary/aromatic N) is 4. The summed E-state index contributed by atoms with van der Waals surface area (Å²) in [6.45, 7) is -1.22. The summed E-state index contributed by atoms with van der Waals surface area (Å²) in [5.74, 6) is -1.47. The van der Waals surface area contributed by atoms with Crippen molar-refractivity contribution in [2.75, 3.05) is 30.5 Å². The largest absolute Gasteiger partial charge is 0.477 e. The van der Waals surface area contributed by atoms with Gasteiger partial charge in [-0.05, 0) is 11.6 Å². The Bertz CT molecular complexity index is 1410. The minimum atomic E-state index is -1.28. The van der Waals surface area contributed by atoms with Crippen LogP contribution in [0.4, 0.5) is 9.52 Å². The number of β-lactam (4-membered cyclic amide) rings is 1. The lowest BCUT2D eigenvalue weighted by Gasteiger charge is -2.49. The highest BCUT2D eigenvalue weighted by Gasteiger charge is 2.54. The number of nitrogen functional groups attached to an aromatic ring is 1. The van der Waals surface area contributed by atoms with Gasteiger partial charge in [0, 0.05) is 44.8 Å². The predicted octanol–water partition coefficient (Wildman–Crippen LogP) is 0.563. The molecule has 0 saturated carbocycles. The zero-order chi connectivity index (χ0) is 30.2. The highest BCUT2D eigenvalue weighted by molar-refractivity contribution is 8.06. The van der Waals surface area contributed by atoms with Crippen molar-refractivity contribution in [3.8, 4) is 0 Å². The predicted molar refractivity (Wildman–Crippen MR) is 158 cm³/mol. The van der Waals surface area contributed by atoms with Crippen molar-refractivity contribution in [2.45, 2.75) is 28.2 Å². The highest BCUT2D eigenvalue weighted by atomic mass is 32.2. The van der Waals surface area contributed by atoms with Gasteiger partial charge in [-0.1, -0.05) is 16.9 Å². The van der Waals surface area contributed by atoms with E-state index in [0.29, 0.717) is 22.8 Å². The Morgan fingerprint density at radius 1 is 1.43 bits per heavy atom. The quantitative estimate of drug-likeness (QED) is 0.0443. The van der Waals surface area contributed by atoms with Gasteiger partial charge in [-0.3, -0.25) is 24.3 Å². The number of hydrogen-bond acceptors (Lipinski definition) is 14. The van der Waals surface area contributed by atoms with Crippen molar-refractivity contribution < 1.29 is 33.5 Å². The molecule has 2 aliphatic heterocycles. The molecule has 0 aromatic carbocycles. The third-order valence-corrected chi connectivity index (χ3v) is 10.1. The van der Waals surface area contributed by atoms with E-state index in [2.05, 4.69) is 25.8 Å². The van der Waals surface area contributed by atoms with Crippen LogP contribution >= 0.6 is 46.6 Å². The molecule has 4 heterocycles. The van der Waals surface area contributed by atoms with Crippen molar-refractivity contribution in [3.05, 3.63) is 45.7 Å². The molecule has 1 unspecified atom stereocenters. The average molecular weight is 657 g/mol. The van der Waals surface area contributed by atoms with Gasteiger partial charge >= 0.3 is 5.97 Å². The summed E-state index contributed by atoms with van der Waals surface area (Å²) in [4.78, 5) is 64.5. The molecule has 42 heavy (non-hydrogen) atoms. The molecule has 1 fully saturated rings. The lowest BCUT2D eigenvalue weighted by atomic mass is 10.0. The molecule has 224 valence electrons. The smallest absolute Gasteiger partial charge is 0.353 e. The number of aromatic nitrogens is 2. The molecule has 0 aliphatic carbocycles. The fraction of sp³-hybridized carbons (Fsp3) is 0.348. The van der Waals surface area contributed by atoms with Gasteiger partial charge < -0.3 is 32.0 Å². The lowest BCUT2D eigenvalue weighted by Crippen LogP contribution is -2.71. The third-order valence-electron chi connectivity index (χ3n) is 5.66. The SMILES string of the molecule is Nc1nc(C(=NOCCF)C(=O)N[C@@H]2C(=O)N3C(C(=O)O)=C(Sc4ccncc4CSCC(N)NC=O)CS[C@@H]23)cs1. The number of carbonyl (C=O) groups is 4. The molecule has 0 radical (unpaired) electrons. The summed E-state index contributed by atoms with van der Waals surface area (Å²) in [5, 5.41) is 19.7. The van der Waals surface area contributed by atoms with Crippen LogP contribution in [-0.4, -0.2) is 92.2 Å². The Morgan fingerprint density at radius 2 is 2.24 bits per heavy atom. The van der Waals surface area contributed by atoms with E-state index < -0.39 is 42.0 Å². The Labute approximate surface area is 255 Å². The van der Waals surface area contributed by atoms with Crippen LogP contribution < -0.4 is 22.1 Å². The van der Waals surface area contributed by atoms with Crippen molar-refractivity contribution >= 4 is 81.7 Å². The van der Waals surface area contributed by atoms with E-state index in [1.807, 2.05) is 0 Å². The second kappa shape index (κ2) is 14.7. The molecular weight excluding hydrogens is 632 g/mol. The number of pyridine rings is 1. The van der Waals surface area contributed by atoms with Crippen LogP contribution in [-0.2, 0) is 29.8 Å². The normalized spacial score (nSPS) is 19.0. The van der Waals surface area contributed by atoms with Crippen molar-refractivity contribution in [2.24, 2.45) is 10.9 Å². The van der Waals surface area contributed by atoms with Crippen LogP contribution in [0.3, 0.4) is 0 Å². The van der Waals surface area contributed by atoms with Crippen LogP contribution in [0.25, 0.3) is 0 Å². The van der Waals surface area contributed by atoms with E-state index in [9.17, 15) is 28.7 Å². The monoisotopic (exact) mass is 656 g/mol. The number of rotatable bonds is 15. The first-order valence-corrected chi connectivity index (χ1v) is 16.0. The number of carboxylic acids is 1. The second-order valence-electron chi connectivity index (χ2n) is 8.46. The van der Waals surface area contributed by atoms with Gasteiger partial charge in [-0.15, -0.1) is 23.1 Å². The zero-order valence-electron chi connectivity index (χ0n) is 21.6. The summed E-state index contributed by atoms with van der Waals surface area (Å²) >= 11 is 5.05. The molecular formula is C23H25FN8O6S4. The molecule has 2 aliphatic rings. The average Bonchev–Trinajstić information content (AvgIpc) is 3.40. The molecule has 3 atom stereocenters. The second-order valence-corrected chi connectivity index (χ2v) is 12.6. The topological polar surface area (TPSA) is 215 Å². The van der Waals surface area contributed by atoms with Gasteiger partial charge in [0.2, 0.25) is 6.41 Å². The summed E-state index contributed by atoms with van der Waals surface area (Å²) in [6.07, 6.45) is 3.28. The molecule has 0 bridgehead atoms. The van der Waals surface area contributed by atoms with Crippen LogP contribution in [0.1, 0.15) is 11.3 Å². The number of carboxylic acid groups (broad SMARTS) is 1. The van der Waals surface area contributed by atoms with Crippen LogP contribution in [0.2, 0.25) is 0 Å². The minimum Gasteiger partial charge on any atom is -0.477 e. The summed E-state index contributed by atoms with van der Waals surface area (Å²) in [5.41, 5.74) is 11.9. The van der Waals surface area contributed by atoms with Gasteiger partial charge in [-0.2, -0.15) is 11.8 Å². The molecule has 2 aromatic rings. The number of amides is 3. The summed E-state index contributed by atoms with van der Waals surface area (Å²) in [7, 11) is 0. The molecule has 14 nitrogen and oxygen atoms in total. The number of fused-ring (bicyclic) bond motifs is 1. The van der Waals surface area contributed by atoms with Gasteiger partial charge in [0.05, 0.1) is 6.17 Å². The number of thioether (sulfide) groups is 3. The molecule has 7 N–H and O–H groups in total. The number of oxime groups is 1. The Kier molecular flexibility index (Phi) is 11.0. The van der Waals surface area contributed by atoms with E-state index >= 15 is 0 Å². The Hall–Kier alpha value is -3.39. The van der Waals surface area contributed by atoms with Gasteiger partial charge in [-0.25, -0.2) is 14.2 Å². The fourth-order valence-electron chi connectivity index (χ4n) is 3.81. The van der Waals surface area contributed by atoms with Crippen LogP contribution in [0.15, 0.2) is 44.5 Å². The summed E-state index contributed by atoms with van der Waals surface area (Å²) < 4.78 is 12.5. The van der Waals surface area contributed by atoms with Gasteiger partial charge in [0.1, 0.15) is 36.1 Å². The number of thiazole rings is 1. The number of carbonyl (C=O) groups excluding carboxylic acids is 3. The van der Waals surface area contributed by atoms with Crippen molar-refractivity contribution in [3.63, 3.8) is 0 Å². The van der Waals surface area contributed by atoms with Crippen molar-refractivity contribution in [1.82, 2.24) is 25.5 Å². The first-order valence-electron chi connectivity index (χ1n) is 12.1. The molecule has 3 amide bonds. The zero-order valence-corrected chi connectivity index (χ0v) is 24.9. The number of alkyl halides is 1. The maximum absolute atomic E-state index is 13.2. The number of aliphatic carboxylic acids is 1. The molecule has 0 spiro atoms. The Balaban J connectivity index is 1.48. The molecule has 2 aromatic heterocycles. The van der Waals surface area contributed by atoms with Crippen molar-refractivity contribution in [1.29, 1.82) is 0 Å². The lowest BCUT2D eigenvalue weighted by molar-refractivity contribution is -0.150. The molecule has 1 saturated heterocycles. The number of nitrogens with one attached hydrogen (secondary N) is 2. The van der Waals surface area contributed by atoms with E-state index in [4.69, 9.17) is 16.3 Å². The minimum absolute atomic E-state index is 0.0897. The van der Waals surface area contributed by atoms with E-state index in [1.165, 1.54) is 40.7 Å². The third kappa shape index (κ3) is 7.33. The van der Waals surface area contributed by atoms with Gasteiger partial charge in [0.25, 0.3) is 11.8 Å². The van der Waals surface area contributed by atoms with Gasteiger partial charge in [0.15, 0.2) is 10.8 Å². The standard InChI is InChI=1S/C23H25FN8O6S4/c24-2-4-38-31-16(12-7-41-23(26)29-12)19(34)30-17-20(35)32-18(22(36)37)14(8-40-21(17)32)42-13-1-3-27-5-11(13)6-39-9-15(25)28-10-33/h1,3,5,7,10,15,17,21H,2,4,6,8-9,25H2,(H2,26,29)(H,28,33)(H,30,34)(H,36,37)/t15?,17-,21+/m1/s1. The first-order chi connectivity index (χ1) is 20.2. The Morgan fingerprint density at radius 3 is 2.93 bits per heavy atom. The summed E-state index contributed by atoms with van der Waals surface area (Å²) in [6, 6.07) is 0.716. The van der Waals surface area contributed by atoms with Crippen LogP contribution in [0, 0.1) is 0 Å². The number of anilines is 1. The maximum Gasteiger partial charge on any atom is 0.353 e. The van der Waals surface area contributed by atoms with E-state index in [1.54, 1.807) is 18.5 Å². The fourth-order valence-corrected chi connectivity index (χ4v) is 7.93. The van der Waals surface area contributed by atoms with Crippen LogP contribution in [0.5, 0.6) is 0 Å². The van der Waals surface area contributed by atoms with E-state index in [0.717, 1.165) is 26.7 Å². The highest BCUT2D eigenvalue weighted by Crippen LogP contribution is 2.45. The molecule has 19 heteroatoms. The molecule has 4 rings (SSSR count). The number of halogens is 1. The maximum atomic E-state index is 13.2. The number of nitrogens with two attached hydrogens (primary N) is 2. The number of hydrogen-bond donors (Lipinski definition) is 5. The van der Waals surface area contributed by atoms with E-state index in [-0.39, 0.29) is 34.6 Å².